The van der Waals surface area contributed by atoms with Gasteiger partial charge in [0, 0.05) is 18.1 Å². The first-order valence-corrected chi connectivity index (χ1v) is 7.59. The molecular formula is C18H18N4O2. The molecule has 0 aliphatic rings. The molecule has 6 nitrogen and oxygen atoms in total. The normalized spacial score (nSPS) is 10.4. The molecule has 122 valence electrons. The molecule has 0 saturated carbocycles. The van der Waals surface area contributed by atoms with Crippen LogP contribution < -0.4 is 10.6 Å². The first kappa shape index (κ1) is 15.7. The van der Waals surface area contributed by atoms with Gasteiger partial charge in [0.15, 0.2) is 5.76 Å². The quantitative estimate of drug-likeness (QED) is 0.768. The summed E-state index contributed by atoms with van der Waals surface area (Å²) in [5.74, 6) is 0.620. The van der Waals surface area contributed by atoms with E-state index in [4.69, 9.17) is 4.42 Å². The number of furan rings is 1. The molecule has 3 aromatic rings. The van der Waals surface area contributed by atoms with Crippen LogP contribution in [0.1, 0.15) is 16.8 Å². The average Bonchev–Trinajstić information content (AvgIpc) is 3.11. The van der Waals surface area contributed by atoms with E-state index in [9.17, 15) is 4.79 Å². The Labute approximate surface area is 140 Å². The van der Waals surface area contributed by atoms with Crippen molar-refractivity contribution in [1.82, 2.24) is 15.3 Å². The second kappa shape index (κ2) is 6.95. The second-order valence-electron chi connectivity index (χ2n) is 5.44. The molecule has 0 spiro atoms. The topological polar surface area (TPSA) is 80.0 Å². The number of nitrogens with one attached hydrogen (secondary N) is 2. The van der Waals surface area contributed by atoms with Crippen LogP contribution >= 0.6 is 0 Å². The summed E-state index contributed by atoms with van der Waals surface area (Å²) >= 11 is 0. The van der Waals surface area contributed by atoms with Gasteiger partial charge in [-0.2, -0.15) is 0 Å². The maximum atomic E-state index is 12.1. The monoisotopic (exact) mass is 322 g/mol. The summed E-state index contributed by atoms with van der Waals surface area (Å²) in [6.07, 6.45) is 4.76. The van der Waals surface area contributed by atoms with Crippen LogP contribution in [0.5, 0.6) is 0 Å². The van der Waals surface area contributed by atoms with Crippen LogP contribution in [0.3, 0.4) is 0 Å². The van der Waals surface area contributed by atoms with Crippen molar-refractivity contribution in [3.8, 4) is 11.5 Å². The zero-order valence-corrected chi connectivity index (χ0v) is 13.5. The van der Waals surface area contributed by atoms with E-state index < -0.39 is 0 Å². The van der Waals surface area contributed by atoms with E-state index in [2.05, 4.69) is 20.6 Å². The number of hydrogen-bond donors (Lipinski definition) is 2. The van der Waals surface area contributed by atoms with E-state index in [-0.39, 0.29) is 12.6 Å². The van der Waals surface area contributed by atoms with Crippen molar-refractivity contribution in [3.63, 3.8) is 0 Å². The average molecular weight is 322 g/mol. The number of hydrogen-bond acceptors (Lipinski definition) is 4. The van der Waals surface area contributed by atoms with Crippen molar-refractivity contribution in [1.29, 1.82) is 0 Å². The molecule has 0 unspecified atom stereocenters. The maximum absolute atomic E-state index is 12.1. The Bertz CT molecular complexity index is 844. The fourth-order valence-corrected chi connectivity index (χ4v) is 2.27. The molecule has 1 aromatic carbocycles. The summed E-state index contributed by atoms with van der Waals surface area (Å²) in [6.45, 7) is 4.29. The van der Waals surface area contributed by atoms with Crippen molar-refractivity contribution in [2.45, 2.75) is 20.4 Å². The van der Waals surface area contributed by atoms with Crippen LogP contribution in [0.4, 0.5) is 10.5 Å². The van der Waals surface area contributed by atoms with E-state index in [0.717, 1.165) is 11.3 Å². The van der Waals surface area contributed by atoms with E-state index in [1.807, 2.05) is 38.1 Å². The molecule has 6 heteroatoms. The van der Waals surface area contributed by atoms with E-state index >= 15 is 0 Å². The smallest absolute Gasteiger partial charge is 0.319 e. The minimum atomic E-state index is -0.297. The van der Waals surface area contributed by atoms with Crippen molar-refractivity contribution in [2.24, 2.45) is 0 Å². The van der Waals surface area contributed by atoms with Gasteiger partial charge in [0.2, 0.25) is 0 Å². The third kappa shape index (κ3) is 3.60. The third-order valence-electron chi connectivity index (χ3n) is 3.71. The summed E-state index contributed by atoms with van der Waals surface area (Å²) in [5, 5.41) is 5.60. The molecule has 0 saturated heterocycles. The van der Waals surface area contributed by atoms with Crippen LogP contribution in [-0.2, 0) is 6.54 Å². The Morgan fingerprint density at radius 1 is 1.12 bits per heavy atom. The van der Waals surface area contributed by atoms with Gasteiger partial charge in [-0.15, -0.1) is 0 Å². The van der Waals surface area contributed by atoms with Crippen LogP contribution in [0.25, 0.3) is 11.5 Å². The van der Waals surface area contributed by atoms with Crippen molar-refractivity contribution in [2.75, 3.05) is 5.32 Å². The number of amides is 2. The number of carbonyl (C=O) groups is 1. The van der Waals surface area contributed by atoms with Crippen molar-refractivity contribution >= 4 is 11.7 Å². The zero-order chi connectivity index (χ0) is 16.9. The molecular weight excluding hydrogens is 304 g/mol. The molecule has 0 radical (unpaired) electrons. The molecule has 2 heterocycles. The Hall–Kier alpha value is -3.15. The lowest BCUT2D eigenvalue weighted by Crippen LogP contribution is -2.28. The van der Waals surface area contributed by atoms with Gasteiger partial charge in [0.05, 0.1) is 18.5 Å². The molecule has 0 fully saturated rings. The molecule has 2 amide bonds. The third-order valence-corrected chi connectivity index (χ3v) is 3.71. The lowest BCUT2D eigenvalue weighted by Gasteiger charge is -2.10. The number of anilines is 1. The van der Waals surface area contributed by atoms with Crippen molar-refractivity contribution < 1.29 is 9.21 Å². The number of nitrogens with zero attached hydrogens (tertiary/aromatic N) is 2. The molecule has 0 aliphatic carbocycles. The van der Waals surface area contributed by atoms with Crippen LogP contribution in [-0.4, -0.2) is 16.0 Å². The zero-order valence-electron chi connectivity index (χ0n) is 13.5. The highest BCUT2D eigenvalue weighted by Gasteiger charge is 2.11. The van der Waals surface area contributed by atoms with Gasteiger partial charge < -0.3 is 15.1 Å². The highest BCUT2D eigenvalue weighted by molar-refractivity contribution is 5.89. The number of aromatic nitrogens is 2. The summed E-state index contributed by atoms with van der Waals surface area (Å²) < 4.78 is 5.36. The van der Waals surface area contributed by atoms with Gasteiger partial charge in [0.1, 0.15) is 5.69 Å². The summed E-state index contributed by atoms with van der Waals surface area (Å²) in [4.78, 5) is 20.6. The number of benzene rings is 1. The molecule has 24 heavy (non-hydrogen) atoms. The molecule has 0 aliphatic heterocycles. The van der Waals surface area contributed by atoms with Crippen LogP contribution in [0.2, 0.25) is 0 Å². The molecule has 2 aromatic heterocycles. The predicted octanol–water partition coefficient (Wildman–Crippen LogP) is 3.68. The molecule has 3 rings (SSSR count). The summed E-state index contributed by atoms with van der Waals surface area (Å²) in [7, 11) is 0. The maximum Gasteiger partial charge on any atom is 0.319 e. The summed E-state index contributed by atoms with van der Waals surface area (Å²) in [6, 6.07) is 9.08. The van der Waals surface area contributed by atoms with Gasteiger partial charge in [0.25, 0.3) is 0 Å². The van der Waals surface area contributed by atoms with Gasteiger partial charge >= 0.3 is 6.03 Å². The molecule has 0 atom stereocenters. The highest BCUT2D eigenvalue weighted by Crippen LogP contribution is 2.20. The number of aryl methyl sites for hydroxylation is 2. The molecule has 0 bridgehead atoms. The van der Waals surface area contributed by atoms with Gasteiger partial charge in [-0.05, 0) is 49.2 Å². The molecule has 2 N–H and O–H groups in total. The SMILES string of the molecule is Cc1ccc(NC(=O)NCc2nccnc2-c2ccco2)cc1C. The minimum absolute atomic E-state index is 0.251. The number of rotatable bonds is 4. The summed E-state index contributed by atoms with van der Waals surface area (Å²) in [5.41, 5.74) is 4.32. The van der Waals surface area contributed by atoms with Gasteiger partial charge in [-0.3, -0.25) is 4.98 Å². The first-order chi connectivity index (χ1) is 11.6. The van der Waals surface area contributed by atoms with E-state index in [1.54, 1.807) is 24.7 Å². The standard InChI is InChI=1S/C18H18N4O2/c1-12-5-6-14(10-13(12)2)22-18(23)21-11-15-17(20-8-7-19-15)16-4-3-9-24-16/h3-10H,11H2,1-2H3,(H2,21,22,23). The fraction of sp³-hybridized carbons (Fsp3) is 0.167. The van der Waals surface area contributed by atoms with Gasteiger partial charge in [-0.25, -0.2) is 9.78 Å². The largest absolute Gasteiger partial charge is 0.463 e. The number of urea groups is 1. The Kier molecular flexibility index (Phi) is 4.56. The Balaban J connectivity index is 1.66. The minimum Gasteiger partial charge on any atom is -0.463 e. The van der Waals surface area contributed by atoms with E-state index in [0.29, 0.717) is 17.1 Å². The van der Waals surface area contributed by atoms with E-state index in [1.165, 1.54) is 5.56 Å². The Morgan fingerprint density at radius 3 is 2.71 bits per heavy atom. The predicted molar refractivity (Wildman–Crippen MR) is 91.5 cm³/mol. The highest BCUT2D eigenvalue weighted by atomic mass is 16.3. The lowest BCUT2D eigenvalue weighted by atomic mass is 10.1. The lowest BCUT2D eigenvalue weighted by molar-refractivity contribution is 0.251. The van der Waals surface area contributed by atoms with Crippen molar-refractivity contribution in [3.05, 3.63) is 65.8 Å². The van der Waals surface area contributed by atoms with Gasteiger partial charge in [-0.1, -0.05) is 6.07 Å². The first-order valence-electron chi connectivity index (χ1n) is 7.59. The second-order valence-corrected chi connectivity index (χ2v) is 5.44. The van der Waals surface area contributed by atoms with Crippen LogP contribution in [0.15, 0.2) is 53.4 Å². The fourth-order valence-electron chi connectivity index (χ4n) is 2.27. The Morgan fingerprint density at radius 2 is 1.96 bits per heavy atom. The number of carbonyl (C=O) groups excluding carboxylic acids is 1. The van der Waals surface area contributed by atoms with Crippen LogP contribution in [0, 0.1) is 13.8 Å².